The Morgan fingerprint density at radius 1 is 0.892 bits per heavy atom. The highest BCUT2D eigenvalue weighted by atomic mass is 32.2. The molecule has 0 spiro atoms. The van der Waals surface area contributed by atoms with Crippen molar-refractivity contribution >= 4 is 27.5 Å². The molecule has 0 bridgehead atoms. The molecule has 2 amide bonds. The van der Waals surface area contributed by atoms with Crippen LogP contribution in [0, 0.1) is 12.7 Å². The number of amides is 2. The molecule has 1 atom stereocenters. The fourth-order valence-corrected chi connectivity index (χ4v) is 5.23. The molecule has 0 aromatic heterocycles. The number of hydrogen-bond donors (Lipinski definition) is 1. The molecule has 0 aliphatic rings. The topological polar surface area (TPSA) is 86.8 Å². The van der Waals surface area contributed by atoms with Crippen LogP contribution in [0.4, 0.5) is 10.1 Å². The number of halogens is 1. The molecule has 3 aromatic rings. The van der Waals surface area contributed by atoms with Crippen LogP contribution in [0.3, 0.4) is 0 Å². The molecule has 37 heavy (non-hydrogen) atoms. The van der Waals surface area contributed by atoms with Crippen LogP contribution in [0.5, 0.6) is 0 Å². The summed E-state index contributed by atoms with van der Waals surface area (Å²) >= 11 is 0. The lowest BCUT2D eigenvalue weighted by Gasteiger charge is -2.32. The van der Waals surface area contributed by atoms with Gasteiger partial charge in [0.05, 0.1) is 10.6 Å². The first-order valence-corrected chi connectivity index (χ1v) is 13.4. The van der Waals surface area contributed by atoms with E-state index < -0.39 is 34.3 Å². The lowest BCUT2D eigenvalue weighted by molar-refractivity contribution is -0.139. The Labute approximate surface area is 218 Å². The summed E-state index contributed by atoms with van der Waals surface area (Å²) in [7, 11) is -4.23. The van der Waals surface area contributed by atoms with Gasteiger partial charge < -0.3 is 10.2 Å². The maximum atomic E-state index is 13.8. The zero-order valence-corrected chi connectivity index (χ0v) is 22.2. The van der Waals surface area contributed by atoms with Crippen LogP contribution in [-0.2, 0) is 26.2 Å². The Morgan fingerprint density at radius 2 is 1.49 bits per heavy atom. The van der Waals surface area contributed by atoms with E-state index in [0.717, 1.165) is 39.7 Å². The number of carbonyl (C=O) groups is 2. The second kappa shape index (κ2) is 12.0. The van der Waals surface area contributed by atoms with E-state index >= 15 is 0 Å². The maximum Gasteiger partial charge on any atom is 0.264 e. The van der Waals surface area contributed by atoms with E-state index in [1.54, 1.807) is 37.3 Å². The quantitative estimate of drug-likeness (QED) is 0.428. The van der Waals surface area contributed by atoms with Gasteiger partial charge in [-0.15, -0.1) is 0 Å². The predicted octanol–water partition coefficient (Wildman–Crippen LogP) is 4.27. The van der Waals surface area contributed by atoms with Gasteiger partial charge in [-0.1, -0.05) is 42.5 Å². The van der Waals surface area contributed by atoms with Crippen molar-refractivity contribution in [2.75, 3.05) is 10.8 Å². The summed E-state index contributed by atoms with van der Waals surface area (Å²) in [5, 5.41) is 2.82. The molecule has 0 saturated carbocycles. The molecule has 0 heterocycles. The highest BCUT2D eigenvalue weighted by Crippen LogP contribution is 2.25. The van der Waals surface area contributed by atoms with Gasteiger partial charge in [0.1, 0.15) is 18.4 Å². The lowest BCUT2D eigenvalue weighted by atomic mass is 10.1. The molecule has 0 unspecified atom stereocenters. The van der Waals surface area contributed by atoms with Gasteiger partial charge in [-0.3, -0.25) is 13.9 Å². The van der Waals surface area contributed by atoms with Crippen molar-refractivity contribution in [1.82, 2.24) is 10.2 Å². The van der Waals surface area contributed by atoms with Crippen LogP contribution >= 0.6 is 0 Å². The minimum Gasteiger partial charge on any atom is -0.352 e. The van der Waals surface area contributed by atoms with Gasteiger partial charge in [0, 0.05) is 12.6 Å². The second-order valence-corrected chi connectivity index (χ2v) is 11.0. The van der Waals surface area contributed by atoms with Crippen molar-refractivity contribution in [3.05, 3.63) is 95.8 Å². The summed E-state index contributed by atoms with van der Waals surface area (Å²) in [6.45, 7) is 6.75. The minimum absolute atomic E-state index is 0.122. The third-order valence-corrected chi connectivity index (χ3v) is 7.71. The molecule has 0 aliphatic heterocycles. The molecule has 7 nitrogen and oxygen atoms in total. The highest BCUT2D eigenvalue weighted by molar-refractivity contribution is 7.92. The van der Waals surface area contributed by atoms with Crippen LogP contribution in [-0.4, -0.2) is 43.8 Å². The summed E-state index contributed by atoms with van der Waals surface area (Å²) in [6.07, 6.45) is 0. The molecule has 3 aromatic carbocycles. The normalized spacial score (nSPS) is 12.2. The van der Waals surface area contributed by atoms with Gasteiger partial charge in [0.15, 0.2) is 0 Å². The number of rotatable bonds is 10. The third kappa shape index (κ3) is 6.95. The first-order valence-electron chi connectivity index (χ1n) is 12.0. The van der Waals surface area contributed by atoms with Crippen molar-refractivity contribution < 1.29 is 22.4 Å². The van der Waals surface area contributed by atoms with E-state index in [4.69, 9.17) is 0 Å². The van der Waals surface area contributed by atoms with E-state index in [1.807, 2.05) is 45.0 Å². The van der Waals surface area contributed by atoms with Crippen molar-refractivity contribution in [1.29, 1.82) is 0 Å². The SMILES string of the molecule is Cc1ccccc1CN(C(=O)CN(c1ccccc1)S(=O)(=O)c1ccc(F)cc1)[C@@H](C)C(=O)NC(C)C. The lowest BCUT2D eigenvalue weighted by Crippen LogP contribution is -2.52. The van der Waals surface area contributed by atoms with Gasteiger partial charge in [-0.25, -0.2) is 12.8 Å². The fraction of sp³-hybridized carbons (Fsp3) is 0.286. The van der Waals surface area contributed by atoms with E-state index in [2.05, 4.69) is 5.32 Å². The molecule has 0 fully saturated rings. The zero-order chi connectivity index (χ0) is 27.2. The smallest absolute Gasteiger partial charge is 0.264 e. The number of nitrogens with one attached hydrogen (secondary N) is 1. The standard InChI is InChI=1S/C28H32FN3O4S/c1-20(2)30-28(34)22(4)31(18-23-11-9-8-10-21(23)3)27(33)19-32(25-12-6-5-7-13-25)37(35,36)26-16-14-24(29)15-17-26/h5-17,20,22H,18-19H2,1-4H3,(H,30,34)/t22-/m0/s1. The molecule has 196 valence electrons. The number of anilines is 1. The summed E-state index contributed by atoms with van der Waals surface area (Å²) < 4.78 is 41.7. The molecular weight excluding hydrogens is 493 g/mol. The van der Waals surface area contributed by atoms with Gasteiger partial charge >= 0.3 is 0 Å². The third-order valence-electron chi connectivity index (χ3n) is 5.92. The molecule has 0 radical (unpaired) electrons. The number of para-hydroxylation sites is 1. The number of aryl methyl sites for hydroxylation is 1. The van der Waals surface area contributed by atoms with Crippen molar-refractivity contribution in [3.63, 3.8) is 0 Å². The fourth-order valence-electron chi connectivity index (χ4n) is 3.82. The van der Waals surface area contributed by atoms with Crippen molar-refractivity contribution in [2.45, 2.75) is 51.2 Å². The number of nitrogens with zero attached hydrogens (tertiary/aromatic N) is 2. The van der Waals surface area contributed by atoms with Crippen LogP contribution in [0.2, 0.25) is 0 Å². The molecule has 9 heteroatoms. The first-order chi connectivity index (χ1) is 17.5. The Kier molecular flexibility index (Phi) is 9.04. The zero-order valence-electron chi connectivity index (χ0n) is 21.4. The maximum absolute atomic E-state index is 13.8. The van der Waals surface area contributed by atoms with Gasteiger partial charge in [0.2, 0.25) is 11.8 Å². The molecular formula is C28H32FN3O4S. The van der Waals surface area contributed by atoms with Gasteiger partial charge in [-0.05, 0) is 75.2 Å². The molecule has 3 rings (SSSR count). The Hall–Kier alpha value is -3.72. The summed E-state index contributed by atoms with van der Waals surface area (Å²) in [5.74, 6) is -1.47. The Bertz CT molecular complexity index is 1330. The van der Waals surface area contributed by atoms with E-state index in [9.17, 15) is 22.4 Å². The Balaban J connectivity index is 2.01. The number of carbonyl (C=O) groups excluding carboxylic acids is 2. The number of benzene rings is 3. The monoisotopic (exact) mass is 525 g/mol. The van der Waals surface area contributed by atoms with Crippen molar-refractivity contribution in [3.8, 4) is 0 Å². The number of hydrogen-bond acceptors (Lipinski definition) is 4. The minimum atomic E-state index is -4.23. The second-order valence-electron chi connectivity index (χ2n) is 9.09. The average Bonchev–Trinajstić information content (AvgIpc) is 2.86. The van der Waals surface area contributed by atoms with Crippen LogP contribution in [0.25, 0.3) is 0 Å². The van der Waals surface area contributed by atoms with Crippen LogP contribution < -0.4 is 9.62 Å². The van der Waals surface area contributed by atoms with Crippen molar-refractivity contribution in [2.24, 2.45) is 0 Å². The molecule has 0 aliphatic carbocycles. The number of sulfonamides is 1. The summed E-state index contributed by atoms with van der Waals surface area (Å²) in [5.41, 5.74) is 2.05. The van der Waals surface area contributed by atoms with E-state index in [0.29, 0.717) is 0 Å². The van der Waals surface area contributed by atoms with Crippen LogP contribution in [0.1, 0.15) is 31.9 Å². The van der Waals surface area contributed by atoms with Crippen LogP contribution in [0.15, 0.2) is 83.8 Å². The first kappa shape index (κ1) is 27.9. The summed E-state index contributed by atoms with van der Waals surface area (Å²) in [4.78, 5) is 27.9. The van der Waals surface area contributed by atoms with Gasteiger partial charge in [0.25, 0.3) is 10.0 Å². The molecule has 1 N–H and O–H groups in total. The van der Waals surface area contributed by atoms with Gasteiger partial charge in [-0.2, -0.15) is 0 Å². The predicted molar refractivity (Wildman–Crippen MR) is 142 cm³/mol. The average molecular weight is 526 g/mol. The Morgan fingerprint density at radius 3 is 2.08 bits per heavy atom. The largest absolute Gasteiger partial charge is 0.352 e. The van der Waals surface area contributed by atoms with E-state index in [1.165, 1.54) is 4.90 Å². The molecule has 0 saturated heterocycles. The summed E-state index contributed by atoms with van der Waals surface area (Å²) in [6, 6.07) is 19.2. The highest BCUT2D eigenvalue weighted by Gasteiger charge is 2.32. The van der Waals surface area contributed by atoms with E-state index in [-0.39, 0.29) is 29.1 Å².